The molecule has 0 bridgehead atoms. The summed E-state index contributed by atoms with van der Waals surface area (Å²) in [5, 5.41) is 13.4. The Morgan fingerprint density at radius 3 is 2.73 bits per heavy atom. The number of nitrogens with one attached hydrogen (secondary N) is 1. The van der Waals surface area contributed by atoms with Crippen molar-refractivity contribution in [2.75, 3.05) is 5.32 Å². The summed E-state index contributed by atoms with van der Waals surface area (Å²) < 4.78 is 0. The number of thiocarbonyl (C=S) groups is 1. The van der Waals surface area contributed by atoms with Crippen molar-refractivity contribution >= 4 is 40.3 Å². The summed E-state index contributed by atoms with van der Waals surface area (Å²) >= 11 is 10.5. The van der Waals surface area contributed by atoms with Crippen LogP contribution in [0.3, 0.4) is 0 Å². The minimum absolute atomic E-state index is 0.0845. The van der Waals surface area contributed by atoms with E-state index in [1.165, 1.54) is 12.1 Å². The predicted octanol–water partition coefficient (Wildman–Crippen LogP) is 2.21. The summed E-state index contributed by atoms with van der Waals surface area (Å²) in [7, 11) is 0. The third kappa shape index (κ3) is 2.54. The average molecular weight is 246 g/mol. The Morgan fingerprint density at radius 1 is 1.67 bits per heavy atom. The summed E-state index contributed by atoms with van der Waals surface area (Å²) in [4.78, 5) is 10.0. The van der Waals surface area contributed by atoms with Crippen LogP contribution in [-0.4, -0.2) is 10.0 Å². The number of hydrogen-bond donors (Lipinski definition) is 2. The van der Waals surface area contributed by atoms with Crippen LogP contribution in [0.15, 0.2) is 12.1 Å². The molecule has 15 heavy (non-hydrogen) atoms. The number of nitrogens with two attached hydrogens (primary N) is 1. The van der Waals surface area contributed by atoms with Crippen molar-refractivity contribution in [2.45, 2.75) is 6.92 Å². The van der Waals surface area contributed by atoms with Crippen molar-refractivity contribution in [3.05, 3.63) is 32.8 Å². The molecule has 0 aliphatic rings. The lowest BCUT2D eigenvalue weighted by Gasteiger charge is -2.08. The van der Waals surface area contributed by atoms with Crippen molar-refractivity contribution < 1.29 is 4.92 Å². The molecular weight excluding hydrogens is 238 g/mol. The maximum absolute atomic E-state index is 10.6. The zero-order valence-corrected chi connectivity index (χ0v) is 9.35. The monoisotopic (exact) mass is 245 g/mol. The van der Waals surface area contributed by atoms with Gasteiger partial charge in [-0.15, -0.1) is 0 Å². The first-order valence-corrected chi connectivity index (χ1v) is 4.72. The van der Waals surface area contributed by atoms with Crippen molar-refractivity contribution in [3.8, 4) is 0 Å². The molecule has 5 nitrogen and oxygen atoms in total. The van der Waals surface area contributed by atoms with Gasteiger partial charge in [0.05, 0.1) is 4.92 Å². The molecule has 1 aromatic carbocycles. The van der Waals surface area contributed by atoms with E-state index in [0.717, 1.165) is 0 Å². The number of rotatable bonds is 2. The summed E-state index contributed by atoms with van der Waals surface area (Å²) in [6, 6.07) is 2.81. The molecule has 0 atom stereocenters. The molecule has 0 spiro atoms. The lowest BCUT2D eigenvalue weighted by molar-refractivity contribution is -0.384. The molecule has 7 heteroatoms. The number of anilines is 1. The third-order valence-electron chi connectivity index (χ3n) is 1.82. The van der Waals surface area contributed by atoms with Gasteiger partial charge in [0, 0.05) is 11.8 Å². The van der Waals surface area contributed by atoms with Gasteiger partial charge in [-0.3, -0.25) is 10.1 Å². The first-order chi connectivity index (χ1) is 6.93. The van der Waals surface area contributed by atoms with E-state index >= 15 is 0 Å². The van der Waals surface area contributed by atoms with Gasteiger partial charge in [0.25, 0.3) is 5.69 Å². The van der Waals surface area contributed by atoms with E-state index < -0.39 is 4.92 Å². The van der Waals surface area contributed by atoms with E-state index in [1.54, 1.807) is 6.92 Å². The Bertz CT molecular complexity index is 436. The van der Waals surface area contributed by atoms with Gasteiger partial charge in [0.1, 0.15) is 5.02 Å². The molecule has 0 aliphatic heterocycles. The highest BCUT2D eigenvalue weighted by Crippen LogP contribution is 2.32. The molecule has 3 N–H and O–H groups in total. The fourth-order valence-electron chi connectivity index (χ4n) is 1.08. The van der Waals surface area contributed by atoms with E-state index in [2.05, 4.69) is 17.5 Å². The van der Waals surface area contributed by atoms with Crippen LogP contribution in [0.1, 0.15) is 5.56 Å². The van der Waals surface area contributed by atoms with Gasteiger partial charge in [0.2, 0.25) is 0 Å². The zero-order chi connectivity index (χ0) is 11.6. The van der Waals surface area contributed by atoms with E-state index in [4.69, 9.17) is 17.3 Å². The van der Waals surface area contributed by atoms with Crippen molar-refractivity contribution in [3.63, 3.8) is 0 Å². The van der Waals surface area contributed by atoms with Crippen LogP contribution in [0.25, 0.3) is 0 Å². The molecule has 80 valence electrons. The number of hydrogen-bond acceptors (Lipinski definition) is 3. The Balaban J connectivity index is 3.21. The smallest absolute Gasteiger partial charge is 0.288 e. The minimum atomic E-state index is -0.542. The molecule has 1 rings (SSSR count). The lowest BCUT2D eigenvalue weighted by atomic mass is 10.2. The van der Waals surface area contributed by atoms with Gasteiger partial charge in [-0.05, 0) is 30.8 Å². The number of nitro groups is 1. The minimum Gasteiger partial charge on any atom is -0.376 e. The molecule has 0 aromatic heterocycles. The number of halogens is 1. The summed E-state index contributed by atoms with van der Waals surface area (Å²) in [6.45, 7) is 1.65. The van der Waals surface area contributed by atoms with Crippen LogP contribution in [0, 0.1) is 17.0 Å². The fourth-order valence-corrected chi connectivity index (χ4v) is 1.42. The molecular formula is C8H8ClN3O2S. The van der Waals surface area contributed by atoms with E-state index in [9.17, 15) is 10.1 Å². The van der Waals surface area contributed by atoms with Crippen LogP contribution in [0.2, 0.25) is 5.02 Å². The van der Waals surface area contributed by atoms with Crippen molar-refractivity contribution in [1.29, 1.82) is 0 Å². The standard InChI is InChI=1S/C8H8ClN3O2S/c1-4-5(11-8(10)15)2-3-6(7(4)9)12(13)14/h2-3H,1H3,(H3,10,11,15). The molecule has 0 saturated carbocycles. The molecule has 1 aromatic rings. The lowest BCUT2D eigenvalue weighted by Crippen LogP contribution is -2.19. The van der Waals surface area contributed by atoms with Gasteiger partial charge in [-0.1, -0.05) is 11.6 Å². The second-order valence-electron chi connectivity index (χ2n) is 2.82. The molecule has 0 radical (unpaired) electrons. The average Bonchev–Trinajstić information content (AvgIpc) is 2.12. The first-order valence-electron chi connectivity index (χ1n) is 3.93. The van der Waals surface area contributed by atoms with E-state index in [0.29, 0.717) is 11.3 Å². The maximum atomic E-state index is 10.6. The molecule has 0 aliphatic carbocycles. The maximum Gasteiger partial charge on any atom is 0.288 e. The number of nitrogens with zero attached hydrogens (tertiary/aromatic N) is 1. The molecule has 0 amide bonds. The Labute approximate surface area is 96.4 Å². The second kappa shape index (κ2) is 4.41. The van der Waals surface area contributed by atoms with Crippen LogP contribution in [-0.2, 0) is 0 Å². The van der Waals surface area contributed by atoms with Crippen molar-refractivity contribution in [1.82, 2.24) is 0 Å². The first kappa shape index (κ1) is 11.7. The zero-order valence-electron chi connectivity index (χ0n) is 7.78. The third-order valence-corrected chi connectivity index (χ3v) is 2.40. The second-order valence-corrected chi connectivity index (χ2v) is 3.64. The van der Waals surface area contributed by atoms with Crippen molar-refractivity contribution in [2.24, 2.45) is 5.73 Å². The molecule has 0 fully saturated rings. The van der Waals surface area contributed by atoms with Gasteiger partial charge >= 0.3 is 0 Å². The van der Waals surface area contributed by atoms with Gasteiger partial charge in [-0.25, -0.2) is 0 Å². The number of nitro benzene ring substituents is 1. The van der Waals surface area contributed by atoms with Gasteiger partial charge in [0.15, 0.2) is 5.11 Å². The van der Waals surface area contributed by atoms with Crippen LogP contribution >= 0.6 is 23.8 Å². The van der Waals surface area contributed by atoms with Crippen LogP contribution in [0.5, 0.6) is 0 Å². The molecule has 0 unspecified atom stereocenters. The van der Waals surface area contributed by atoms with E-state index in [-0.39, 0.29) is 15.8 Å². The molecule has 0 saturated heterocycles. The van der Waals surface area contributed by atoms with Crippen LogP contribution < -0.4 is 11.1 Å². The largest absolute Gasteiger partial charge is 0.376 e. The summed E-state index contributed by atoms with van der Waals surface area (Å²) in [5.74, 6) is 0. The van der Waals surface area contributed by atoms with Gasteiger partial charge in [-0.2, -0.15) is 0 Å². The van der Waals surface area contributed by atoms with Gasteiger partial charge < -0.3 is 11.1 Å². The SMILES string of the molecule is Cc1c(NC(N)=S)ccc([N+](=O)[O-])c1Cl. The molecule has 0 heterocycles. The highest BCUT2D eigenvalue weighted by molar-refractivity contribution is 7.80. The predicted molar refractivity (Wildman–Crippen MR) is 63.3 cm³/mol. The summed E-state index contributed by atoms with van der Waals surface area (Å²) in [5.41, 5.74) is 6.26. The van der Waals surface area contributed by atoms with E-state index in [1.807, 2.05) is 0 Å². The highest BCUT2D eigenvalue weighted by atomic mass is 35.5. The Hall–Kier alpha value is -1.40. The fraction of sp³-hybridized carbons (Fsp3) is 0.125. The quantitative estimate of drug-likeness (QED) is 0.474. The van der Waals surface area contributed by atoms with Crippen LogP contribution in [0.4, 0.5) is 11.4 Å². The topological polar surface area (TPSA) is 81.2 Å². The summed E-state index contributed by atoms with van der Waals surface area (Å²) in [6.07, 6.45) is 0. The Kier molecular flexibility index (Phi) is 3.43. The number of benzene rings is 1. The Morgan fingerprint density at radius 2 is 2.27 bits per heavy atom. The highest BCUT2D eigenvalue weighted by Gasteiger charge is 2.16. The normalized spacial score (nSPS) is 9.73.